The zero-order chi connectivity index (χ0) is 10.2. The van der Waals surface area contributed by atoms with Crippen LogP contribution in [0, 0.1) is 0 Å². The molecule has 1 rings (SSSR count). The number of hydrogen-bond acceptors (Lipinski definition) is 0. The summed E-state index contributed by atoms with van der Waals surface area (Å²) in [6.07, 6.45) is 14.0. The van der Waals surface area contributed by atoms with Gasteiger partial charge in [0.25, 0.3) is 0 Å². The molecule has 0 radical (unpaired) electrons. The van der Waals surface area contributed by atoms with Crippen molar-refractivity contribution in [2.75, 3.05) is 0 Å². The lowest BCUT2D eigenvalue weighted by atomic mass is 10.0. The topological polar surface area (TPSA) is 0 Å². The third-order valence-corrected chi connectivity index (χ3v) is 4.90. The van der Waals surface area contributed by atoms with Crippen LogP contribution in [-0.4, -0.2) is 9.65 Å². The minimum atomic E-state index is 0.793. The summed E-state index contributed by atoms with van der Waals surface area (Å²) in [6.45, 7) is 0. The second-order valence-corrected chi connectivity index (χ2v) is 7.06. The second-order valence-electron chi connectivity index (χ2n) is 4.47. The van der Waals surface area contributed by atoms with Gasteiger partial charge >= 0.3 is 0 Å². The van der Waals surface area contributed by atoms with Crippen LogP contribution in [0.1, 0.15) is 64.2 Å². The number of hydrogen-bond donors (Lipinski definition) is 0. The Morgan fingerprint density at radius 1 is 0.500 bits per heavy atom. The minimum absolute atomic E-state index is 0.793. The molecule has 0 N–H and O–H groups in total. The van der Waals surface area contributed by atoms with Crippen LogP contribution in [0.2, 0.25) is 0 Å². The van der Waals surface area contributed by atoms with Gasteiger partial charge in [-0.1, -0.05) is 70.4 Å². The van der Waals surface area contributed by atoms with Gasteiger partial charge in [0, 0.05) is 9.65 Å². The largest absolute Gasteiger partial charge is 0.0891 e. The van der Waals surface area contributed by atoms with Crippen molar-refractivity contribution in [3.63, 3.8) is 0 Å². The Labute approximate surface area is 105 Å². The van der Waals surface area contributed by atoms with E-state index in [1.807, 2.05) is 0 Å². The van der Waals surface area contributed by atoms with Gasteiger partial charge in [0.15, 0.2) is 0 Å². The third-order valence-electron chi connectivity index (χ3n) is 3.07. The molecule has 0 bridgehead atoms. The van der Waals surface area contributed by atoms with E-state index in [1.165, 1.54) is 64.2 Å². The van der Waals surface area contributed by atoms with Crippen molar-refractivity contribution >= 4 is 31.9 Å². The van der Waals surface area contributed by atoms with E-state index in [-0.39, 0.29) is 0 Å². The third kappa shape index (κ3) is 6.44. The van der Waals surface area contributed by atoms with Gasteiger partial charge in [-0.15, -0.1) is 0 Å². The summed E-state index contributed by atoms with van der Waals surface area (Å²) in [5.41, 5.74) is 0. The minimum Gasteiger partial charge on any atom is -0.0891 e. The Kier molecular flexibility index (Phi) is 7.58. The summed E-state index contributed by atoms with van der Waals surface area (Å²) in [6, 6.07) is 0. The normalized spacial score (nSPS) is 33.0. The highest BCUT2D eigenvalue weighted by Crippen LogP contribution is 2.23. The van der Waals surface area contributed by atoms with Crippen molar-refractivity contribution in [3.05, 3.63) is 0 Å². The van der Waals surface area contributed by atoms with E-state index in [0.29, 0.717) is 0 Å². The van der Waals surface area contributed by atoms with Gasteiger partial charge in [0.1, 0.15) is 0 Å². The molecule has 0 aromatic carbocycles. The van der Waals surface area contributed by atoms with Crippen molar-refractivity contribution in [1.82, 2.24) is 0 Å². The van der Waals surface area contributed by atoms with E-state index in [1.54, 1.807) is 0 Å². The fourth-order valence-electron chi connectivity index (χ4n) is 2.11. The number of halogens is 2. The average Bonchev–Trinajstić information content (AvgIpc) is 2.14. The molecule has 0 aliphatic heterocycles. The maximum Gasteiger partial charge on any atom is 0.0145 e. The van der Waals surface area contributed by atoms with Crippen molar-refractivity contribution in [2.45, 2.75) is 73.9 Å². The Hall–Kier alpha value is 0.960. The first-order valence-electron chi connectivity index (χ1n) is 6.07. The van der Waals surface area contributed by atoms with Crippen LogP contribution in [0.25, 0.3) is 0 Å². The van der Waals surface area contributed by atoms with E-state index < -0.39 is 0 Å². The van der Waals surface area contributed by atoms with Gasteiger partial charge in [-0.05, 0) is 25.7 Å². The lowest BCUT2D eigenvalue weighted by molar-refractivity contribution is 0.521. The summed E-state index contributed by atoms with van der Waals surface area (Å²) in [5.74, 6) is 0. The molecule has 1 fully saturated rings. The Morgan fingerprint density at radius 3 is 1.07 bits per heavy atom. The van der Waals surface area contributed by atoms with E-state index in [9.17, 15) is 0 Å². The van der Waals surface area contributed by atoms with Crippen LogP contribution in [0.3, 0.4) is 0 Å². The first kappa shape index (κ1) is 13.0. The van der Waals surface area contributed by atoms with Crippen LogP contribution in [-0.2, 0) is 0 Å². The Bertz CT molecular complexity index is 108. The molecule has 2 heteroatoms. The first-order valence-corrected chi connectivity index (χ1v) is 7.90. The van der Waals surface area contributed by atoms with Gasteiger partial charge in [0.05, 0.1) is 0 Å². The molecule has 0 heterocycles. The molecule has 0 saturated heterocycles. The van der Waals surface area contributed by atoms with Crippen molar-refractivity contribution in [2.24, 2.45) is 0 Å². The van der Waals surface area contributed by atoms with Crippen molar-refractivity contribution in [3.8, 4) is 0 Å². The molecular weight excluding hydrogens is 304 g/mol. The van der Waals surface area contributed by atoms with Crippen LogP contribution in [0.4, 0.5) is 0 Å². The molecule has 14 heavy (non-hydrogen) atoms. The predicted octanol–water partition coefficient (Wildman–Crippen LogP) is 5.43. The average molecular weight is 326 g/mol. The monoisotopic (exact) mass is 324 g/mol. The summed E-state index contributed by atoms with van der Waals surface area (Å²) >= 11 is 7.56. The molecule has 0 aromatic rings. The zero-order valence-electron chi connectivity index (χ0n) is 8.98. The molecule has 0 atom stereocenters. The summed E-state index contributed by atoms with van der Waals surface area (Å²) in [5, 5.41) is 0. The lowest BCUT2D eigenvalue weighted by Crippen LogP contribution is -2.02. The Morgan fingerprint density at radius 2 is 0.786 bits per heavy atom. The van der Waals surface area contributed by atoms with Crippen LogP contribution < -0.4 is 0 Å². The number of rotatable bonds is 0. The first-order chi connectivity index (χ1) is 6.79. The standard InChI is InChI=1S/C12H22Br2/c13-11-7-3-1-4-8-12(14)10-6-2-5-9-11/h11-12H,1-10H2. The van der Waals surface area contributed by atoms with Gasteiger partial charge in [-0.25, -0.2) is 0 Å². The molecule has 0 amide bonds. The highest BCUT2D eigenvalue weighted by Gasteiger charge is 2.08. The molecule has 0 aromatic heterocycles. The van der Waals surface area contributed by atoms with E-state index in [4.69, 9.17) is 0 Å². The van der Waals surface area contributed by atoms with Crippen LogP contribution in [0.15, 0.2) is 0 Å². The molecule has 0 nitrogen and oxygen atoms in total. The zero-order valence-corrected chi connectivity index (χ0v) is 12.2. The summed E-state index contributed by atoms with van der Waals surface area (Å²) in [7, 11) is 0. The molecule has 84 valence electrons. The SMILES string of the molecule is BrC1CCCCCC(Br)CCCCC1. The van der Waals surface area contributed by atoms with Gasteiger partial charge in [-0.2, -0.15) is 0 Å². The molecular formula is C12H22Br2. The van der Waals surface area contributed by atoms with E-state index in [0.717, 1.165) is 9.65 Å². The Balaban J connectivity index is 2.19. The summed E-state index contributed by atoms with van der Waals surface area (Å²) in [4.78, 5) is 1.59. The maximum atomic E-state index is 3.78. The molecule has 1 saturated carbocycles. The highest BCUT2D eigenvalue weighted by atomic mass is 79.9. The maximum absolute atomic E-state index is 3.78. The summed E-state index contributed by atoms with van der Waals surface area (Å²) < 4.78 is 0. The van der Waals surface area contributed by atoms with E-state index in [2.05, 4.69) is 31.9 Å². The number of alkyl halides is 2. The highest BCUT2D eigenvalue weighted by molar-refractivity contribution is 9.09. The van der Waals surface area contributed by atoms with Crippen LogP contribution >= 0.6 is 31.9 Å². The molecule has 1 aliphatic rings. The van der Waals surface area contributed by atoms with Crippen molar-refractivity contribution in [1.29, 1.82) is 0 Å². The molecule has 0 unspecified atom stereocenters. The van der Waals surface area contributed by atoms with E-state index >= 15 is 0 Å². The smallest absolute Gasteiger partial charge is 0.0145 e. The van der Waals surface area contributed by atoms with Crippen LogP contribution in [0.5, 0.6) is 0 Å². The van der Waals surface area contributed by atoms with Gasteiger partial charge < -0.3 is 0 Å². The fourth-order valence-corrected chi connectivity index (χ4v) is 3.40. The predicted molar refractivity (Wildman–Crippen MR) is 71.6 cm³/mol. The van der Waals surface area contributed by atoms with Gasteiger partial charge in [0.2, 0.25) is 0 Å². The molecule has 1 aliphatic carbocycles. The lowest BCUT2D eigenvalue weighted by Gasteiger charge is -2.13. The quantitative estimate of drug-likeness (QED) is 0.521. The second kappa shape index (κ2) is 8.15. The fraction of sp³-hybridized carbons (Fsp3) is 1.00. The van der Waals surface area contributed by atoms with Gasteiger partial charge in [-0.3, -0.25) is 0 Å². The van der Waals surface area contributed by atoms with Crippen molar-refractivity contribution < 1.29 is 0 Å². The molecule has 0 spiro atoms.